The summed E-state index contributed by atoms with van der Waals surface area (Å²) < 4.78 is 37.7. The maximum absolute atomic E-state index is 12.1. The minimum atomic E-state index is -2.43. The third-order valence-electron chi connectivity index (χ3n) is 2.53. The Hall–Kier alpha value is -0.520. The number of nitrogens with one attached hydrogen (secondary N) is 1. The number of hydrogen-bond acceptors (Lipinski definition) is 2. The Morgan fingerprint density at radius 3 is 2.50 bits per heavy atom. The molecule has 0 radical (unpaired) electrons. The predicted octanol–water partition coefficient (Wildman–Crippen LogP) is 0.830. The third kappa shape index (κ3) is 2.10. The number of alkyl halides is 2. The van der Waals surface area contributed by atoms with Gasteiger partial charge in [0.05, 0.1) is 5.25 Å². The van der Waals surface area contributed by atoms with E-state index in [1.807, 2.05) is 0 Å². The van der Waals surface area contributed by atoms with Gasteiger partial charge in [-0.15, -0.1) is 0 Å². The van der Waals surface area contributed by atoms with Crippen molar-refractivity contribution in [3.63, 3.8) is 0 Å². The molecule has 3 nitrogen and oxygen atoms in total. The molecule has 2 rings (SSSR count). The number of carbonyl (C=O) groups excluding carboxylic acids is 1. The van der Waals surface area contributed by atoms with Gasteiger partial charge in [0.25, 0.3) is 0 Å². The van der Waals surface area contributed by atoms with Gasteiger partial charge >= 0.3 is 0 Å². The van der Waals surface area contributed by atoms with Gasteiger partial charge in [-0.25, -0.2) is 13.0 Å². The lowest BCUT2D eigenvalue weighted by molar-refractivity contribution is -0.121. The monoisotopic (exact) mass is 223 g/mol. The third-order valence-corrected chi connectivity index (χ3v) is 4.01. The van der Waals surface area contributed by atoms with Crippen LogP contribution in [-0.4, -0.2) is 21.8 Å². The van der Waals surface area contributed by atoms with Gasteiger partial charge < -0.3 is 0 Å². The van der Waals surface area contributed by atoms with Gasteiger partial charge in [-0.1, -0.05) is 0 Å². The van der Waals surface area contributed by atoms with E-state index in [0.29, 0.717) is 0 Å². The van der Waals surface area contributed by atoms with Crippen molar-refractivity contribution in [2.45, 2.75) is 30.9 Å². The van der Waals surface area contributed by atoms with E-state index >= 15 is 0 Å². The van der Waals surface area contributed by atoms with Crippen LogP contribution in [0.15, 0.2) is 0 Å². The maximum Gasteiger partial charge on any atom is 0.242 e. The first kappa shape index (κ1) is 10.0. The summed E-state index contributed by atoms with van der Waals surface area (Å²) in [6.07, 6.45) is -0.489. The van der Waals surface area contributed by atoms with Gasteiger partial charge in [-0.2, -0.15) is 0 Å². The summed E-state index contributed by atoms with van der Waals surface area (Å²) in [5.41, 5.74) is 0. The SMILES string of the molecule is O=C(NS(=O)C1CC1)[C@H]1CC1C(F)F. The summed E-state index contributed by atoms with van der Waals surface area (Å²) in [6, 6.07) is 0. The highest BCUT2D eigenvalue weighted by Gasteiger charge is 2.49. The molecule has 0 aliphatic heterocycles. The normalized spacial score (nSPS) is 32.8. The summed E-state index contributed by atoms with van der Waals surface area (Å²) in [6.45, 7) is 0. The molecule has 80 valence electrons. The molecule has 1 amide bonds. The second kappa shape index (κ2) is 3.56. The van der Waals surface area contributed by atoms with Crippen LogP contribution in [-0.2, 0) is 15.8 Å². The fraction of sp³-hybridized carbons (Fsp3) is 0.875. The fourth-order valence-electron chi connectivity index (χ4n) is 1.33. The molecular weight excluding hydrogens is 212 g/mol. The molecule has 2 aliphatic rings. The Bertz CT molecular complexity index is 281. The van der Waals surface area contributed by atoms with Crippen LogP contribution >= 0.6 is 0 Å². The minimum absolute atomic E-state index is 0.0581. The van der Waals surface area contributed by atoms with Gasteiger partial charge in [-0.05, 0) is 19.3 Å². The van der Waals surface area contributed by atoms with Crippen LogP contribution in [0.3, 0.4) is 0 Å². The van der Waals surface area contributed by atoms with Crippen molar-refractivity contribution >= 4 is 16.9 Å². The lowest BCUT2D eigenvalue weighted by atomic mass is 10.3. The van der Waals surface area contributed by atoms with E-state index in [1.54, 1.807) is 0 Å². The molecule has 0 aromatic heterocycles. The summed E-state index contributed by atoms with van der Waals surface area (Å²) >= 11 is 0. The topological polar surface area (TPSA) is 46.2 Å². The minimum Gasteiger partial charge on any atom is -0.275 e. The number of hydrogen-bond donors (Lipinski definition) is 1. The highest BCUT2D eigenvalue weighted by molar-refractivity contribution is 7.84. The first-order valence-corrected chi connectivity index (χ1v) is 5.80. The van der Waals surface area contributed by atoms with Crippen molar-refractivity contribution in [2.75, 3.05) is 0 Å². The molecule has 6 heteroatoms. The van der Waals surface area contributed by atoms with Gasteiger partial charge in [0, 0.05) is 11.8 Å². The zero-order valence-corrected chi connectivity index (χ0v) is 8.23. The Morgan fingerprint density at radius 2 is 2.07 bits per heavy atom. The highest BCUT2D eigenvalue weighted by Crippen LogP contribution is 2.43. The summed E-state index contributed by atoms with van der Waals surface area (Å²) in [5.74, 6) is -1.90. The zero-order chi connectivity index (χ0) is 10.3. The molecule has 2 aliphatic carbocycles. The van der Waals surface area contributed by atoms with Gasteiger partial charge in [0.15, 0.2) is 0 Å². The average Bonchev–Trinajstić information content (AvgIpc) is 2.98. The van der Waals surface area contributed by atoms with Crippen LogP contribution in [0.5, 0.6) is 0 Å². The number of halogens is 2. The largest absolute Gasteiger partial charge is 0.275 e. The molecule has 0 spiro atoms. The summed E-state index contributed by atoms with van der Waals surface area (Å²) in [5, 5.41) is 0.0581. The molecule has 0 bridgehead atoms. The van der Waals surface area contributed by atoms with E-state index in [0.717, 1.165) is 12.8 Å². The molecule has 2 fully saturated rings. The maximum atomic E-state index is 12.1. The van der Waals surface area contributed by atoms with Crippen LogP contribution in [0.1, 0.15) is 19.3 Å². The molecule has 2 saturated carbocycles. The number of carbonyl (C=O) groups is 1. The van der Waals surface area contributed by atoms with Crippen LogP contribution < -0.4 is 4.72 Å². The average molecular weight is 223 g/mol. The van der Waals surface area contributed by atoms with Crippen molar-refractivity contribution in [3.8, 4) is 0 Å². The Morgan fingerprint density at radius 1 is 1.43 bits per heavy atom. The number of amides is 1. The van der Waals surface area contributed by atoms with E-state index in [4.69, 9.17) is 0 Å². The van der Waals surface area contributed by atoms with Crippen molar-refractivity contribution < 1.29 is 17.8 Å². The van der Waals surface area contributed by atoms with Crippen LogP contribution in [0.25, 0.3) is 0 Å². The fourth-order valence-corrected chi connectivity index (χ4v) is 2.42. The first-order chi connectivity index (χ1) is 6.59. The highest BCUT2D eigenvalue weighted by atomic mass is 32.2. The second-order valence-corrected chi connectivity index (χ2v) is 5.27. The molecule has 14 heavy (non-hydrogen) atoms. The van der Waals surface area contributed by atoms with Gasteiger partial charge in [-0.3, -0.25) is 9.52 Å². The second-order valence-electron chi connectivity index (χ2n) is 3.80. The Kier molecular flexibility index (Phi) is 2.55. The van der Waals surface area contributed by atoms with Crippen molar-refractivity contribution in [1.82, 2.24) is 4.72 Å². The van der Waals surface area contributed by atoms with Crippen LogP contribution in [0.4, 0.5) is 8.78 Å². The van der Waals surface area contributed by atoms with E-state index in [-0.39, 0.29) is 11.7 Å². The molecule has 0 aromatic rings. The van der Waals surface area contributed by atoms with Crippen molar-refractivity contribution in [1.29, 1.82) is 0 Å². The van der Waals surface area contributed by atoms with Crippen LogP contribution in [0.2, 0.25) is 0 Å². The smallest absolute Gasteiger partial charge is 0.242 e. The summed E-state index contributed by atoms with van der Waals surface area (Å²) in [7, 11) is -1.34. The molecular formula is C8H11F2NO2S. The Labute approximate surface area is 82.8 Å². The zero-order valence-electron chi connectivity index (χ0n) is 7.41. The molecule has 0 heterocycles. The quantitative estimate of drug-likeness (QED) is 0.767. The van der Waals surface area contributed by atoms with Crippen molar-refractivity contribution in [3.05, 3.63) is 0 Å². The van der Waals surface area contributed by atoms with Crippen molar-refractivity contribution in [2.24, 2.45) is 11.8 Å². The molecule has 1 N–H and O–H groups in total. The molecule has 0 aromatic carbocycles. The molecule has 0 saturated heterocycles. The molecule has 2 unspecified atom stereocenters. The standard InChI is InChI=1S/C8H11F2NO2S/c9-7(10)5-3-6(5)8(12)11-14(13)4-1-2-4/h4-7H,1-3H2,(H,11,12)/t5?,6-,14?/m0/s1. The van der Waals surface area contributed by atoms with E-state index < -0.39 is 35.2 Å². The predicted molar refractivity (Wildman–Crippen MR) is 46.9 cm³/mol. The van der Waals surface area contributed by atoms with E-state index in [2.05, 4.69) is 4.72 Å². The van der Waals surface area contributed by atoms with Crippen LogP contribution in [0, 0.1) is 11.8 Å². The molecule has 3 atom stereocenters. The summed E-state index contributed by atoms with van der Waals surface area (Å²) in [4.78, 5) is 11.2. The first-order valence-electron chi connectivity index (χ1n) is 4.59. The van der Waals surface area contributed by atoms with E-state index in [1.165, 1.54) is 0 Å². The number of rotatable bonds is 4. The lowest BCUT2D eigenvalue weighted by Crippen LogP contribution is -2.30. The van der Waals surface area contributed by atoms with Gasteiger partial charge in [0.2, 0.25) is 12.3 Å². The van der Waals surface area contributed by atoms with E-state index in [9.17, 15) is 17.8 Å². The Balaban J connectivity index is 1.77. The lowest BCUT2D eigenvalue weighted by Gasteiger charge is -2.02. The van der Waals surface area contributed by atoms with Gasteiger partial charge in [0.1, 0.15) is 11.0 Å².